The monoisotopic (exact) mass is 215 g/mol. The number of rotatable bonds is 0. The Hall–Kier alpha value is 0.751. The van der Waals surface area contributed by atoms with Crippen LogP contribution in [0.2, 0.25) is 19.6 Å². The summed E-state index contributed by atoms with van der Waals surface area (Å²) in [4.78, 5) is 0. The van der Waals surface area contributed by atoms with Gasteiger partial charge in [0, 0.05) is 40.8 Å². The molecule has 0 heterocycles. The minimum absolute atomic E-state index is 0. The normalized spacial score (nSPS) is 7.44. The second-order valence-electron chi connectivity index (χ2n) is 2.55. The van der Waals surface area contributed by atoms with Gasteiger partial charge in [-0.05, 0) is 0 Å². The third-order valence-corrected chi connectivity index (χ3v) is 1.39. The maximum Gasteiger partial charge on any atom is 0.0120 e. The zero-order valence-electron chi connectivity index (χ0n) is 6.78. The molecule has 0 N–H and O–H groups in total. The van der Waals surface area contributed by atoms with Crippen LogP contribution in [0.5, 0.6) is 0 Å². The molecule has 0 spiro atoms. The van der Waals surface area contributed by atoms with Crippen LogP contribution in [0.15, 0.2) is 0 Å². The smallest absolute Gasteiger partial charge is 0.0120 e. The van der Waals surface area contributed by atoms with Crippen molar-refractivity contribution in [3.05, 3.63) is 14.4 Å². The molecule has 0 atom stereocenters. The first-order chi connectivity index (χ1) is 3.06. The third kappa shape index (κ3) is 17.7. The molecular formula is C7H14SiY-2. The van der Waals surface area contributed by atoms with Gasteiger partial charge in [-0.1, -0.05) is 19.6 Å². The van der Waals surface area contributed by atoms with E-state index in [1.165, 1.54) is 0 Å². The molecular weight excluding hydrogens is 201 g/mol. The van der Waals surface area contributed by atoms with Crippen LogP contribution in [-0.2, 0) is 32.7 Å². The van der Waals surface area contributed by atoms with Crippen molar-refractivity contribution in [3.63, 3.8) is 0 Å². The van der Waals surface area contributed by atoms with Crippen molar-refractivity contribution in [2.75, 3.05) is 0 Å². The average molecular weight is 215 g/mol. The molecule has 0 unspecified atom stereocenters. The molecule has 0 saturated carbocycles. The predicted molar refractivity (Wildman–Crippen MR) is 42.9 cm³/mol. The van der Waals surface area contributed by atoms with E-state index in [1.54, 1.807) is 0 Å². The fraction of sp³-hybridized carbons (Fsp3) is 0.429. The Bertz CT molecular complexity index is 102. The topological polar surface area (TPSA) is 0 Å². The molecule has 0 saturated heterocycles. The van der Waals surface area contributed by atoms with Gasteiger partial charge in [0.1, 0.15) is 0 Å². The van der Waals surface area contributed by atoms with E-state index in [0.29, 0.717) is 0 Å². The Morgan fingerprint density at radius 3 is 1.56 bits per heavy atom. The van der Waals surface area contributed by atoms with Crippen molar-refractivity contribution in [2.45, 2.75) is 19.6 Å². The minimum atomic E-state index is -1.08. The predicted octanol–water partition coefficient (Wildman–Crippen LogP) is 2.15. The van der Waals surface area contributed by atoms with E-state index in [4.69, 9.17) is 0 Å². The molecule has 0 amide bonds. The Kier molecular flexibility index (Phi) is 12.5. The van der Waals surface area contributed by atoms with Crippen molar-refractivity contribution < 1.29 is 32.7 Å². The standard InChI is InChI=1S/C6H11Si.CH3.Y/c1-5-6-7(2,3)4;;/h1H2,2-4H3;1H3;/q2*-1;. The largest absolute Gasteiger partial charge is 0.358 e. The zero-order chi connectivity index (χ0) is 5.91. The van der Waals surface area contributed by atoms with Gasteiger partial charge in [0.15, 0.2) is 0 Å². The summed E-state index contributed by atoms with van der Waals surface area (Å²) >= 11 is 0. The molecule has 9 heavy (non-hydrogen) atoms. The van der Waals surface area contributed by atoms with Crippen molar-refractivity contribution in [2.24, 2.45) is 0 Å². The molecule has 0 aliphatic heterocycles. The molecule has 0 aromatic heterocycles. The molecule has 0 aromatic carbocycles. The van der Waals surface area contributed by atoms with E-state index in [0.717, 1.165) is 0 Å². The summed E-state index contributed by atoms with van der Waals surface area (Å²) in [6.07, 6.45) is 0. The summed E-state index contributed by atoms with van der Waals surface area (Å²) in [5.41, 5.74) is 3.06. The van der Waals surface area contributed by atoms with Crippen LogP contribution in [0.3, 0.4) is 0 Å². The summed E-state index contributed by atoms with van der Waals surface area (Å²) in [6.45, 7) is 10.0. The zero-order valence-corrected chi connectivity index (χ0v) is 10.6. The summed E-state index contributed by atoms with van der Waals surface area (Å²) in [5, 5.41) is 0. The Labute approximate surface area is 85.7 Å². The third-order valence-electron chi connectivity index (χ3n) is 0.463. The Morgan fingerprint density at radius 1 is 1.22 bits per heavy atom. The fourth-order valence-electron chi connectivity index (χ4n) is 0.265. The summed E-state index contributed by atoms with van der Waals surface area (Å²) < 4.78 is 0. The van der Waals surface area contributed by atoms with Crippen molar-refractivity contribution in [3.8, 4) is 11.5 Å². The van der Waals surface area contributed by atoms with Crippen molar-refractivity contribution in [1.29, 1.82) is 0 Å². The second-order valence-corrected chi connectivity index (χ2v) is 7.30. The first kappa shape index (κ1) is 16.4. The molecule has 1 radical (unpaired) electrons. The molecule has 0 aliphatic rings. The van der Waals surface area contributed by atoms with Gasteiger partial charge in [0.05, 0.1) is 0 Å². The molecule has 0 nitrogen and oxygen atoms in total. The first-order valence-electron chi connectivity index (χ1n) is 2.35. The van der Waals surface area contributed by atoms with Gasteiger partial charge in [0.25, 0.3) is 0 Å². The van der Waals surface area contributed by atoms with Crippen LogP contribution < -0.4 is 0 Å². The quantitative estimate of drug-likeness (QED) is 0.330. The van der Waals surface area contributed by atoms with Crippen LogP contribution in [0.1, 0.15) is 0 Å². The van der Waals surface area contributed by atoms with E-state index in [-0.39, 0.29) is 40.1 Å². The van der Waals surface area contributed by atoms with E-state index in [9.17, 15) is 0 Å². The van der Waals surface area contributed by atoms with Crippen molar-refractivity contribution >= 4 is 8.07 Å². The van der Waals surface area contributed by atoms with Crippen LogP contribution in [-0.4, -0.2) is 8.07 Å². The van der Waals surface area contributed by atoms with Crippen LogP contribution >= 0.6 is 0 Å². The maximum atomic E-state index is 3.44. The van der Waals surface area contributed by atoms with E-state index in [2.05, 4.69) is 38.0 Å². The Balaban J connectivity index is -0.000000180. The second kappa shape index (κ2) is 6.87. The van der Waals surface area contributed by atoms with E-state index in [1.807, 2.05) is 0 Å². The average Bonchev–Trinajstić information content (AvgIpc) is 1.30. The van der Waals surface area contributed by atoms with E-state index < -0.39 is 8.07 Å². The van der Waals surface area contributed by atoms with Gasteiger partial charge < -0.3 is 13.0 Å². The Morgan fingerprint density at radius 2 is 1.56 bits per heavy atom. The van der Waals surface area contributed by atoms with Crippen LogP contribution in [0.4, 0.5) is 0 Å². The van der Waals surface area contributed by atoms with Gasteiger partial charge in [-0.15, -0.1) is 0 Å². The fourth-order valence-corrected chi connectivity index (χ4v) is 0.795. The molecule has 0 bridgehead atoms. The van der Waals surface area contributed by atoms with Gasteiger partial charge in [-0.2, -0.15) is 6.92 Å². The van der Waals surface area contributed by atoms with Gasteiger partial charge in [-0.25, -0.2) is 0 Å². The van der Waals surface area contributed by atoms with Crippen LogP contribution in [0, 0.1) is 25.8 Å². The first-order valence-corrected chi connectivity index (χ1v) is 5.85. The molecule has 51 valence electrons. The molecule has 0 aromatic rings. The summed E-state index contributed by atoms with van der Waals surface area (Å²) in [6, 6.07) is 0. The SMILES string of the molecule is [CH2-]C#C[Si](C)(C)C.[CH3-].[Y]. The van der Waals surface area contributed by atoms with E-state index >= 15 is 0 Å². The van der Waals surface area contributed by atoms with Gasteiger partial charge in [0.2, 0.25) is 0 Å². The summed E-state index contributed by atoms with van der Waals surface area (Å²) in [7, 11) is -1.08. The summed E-state index contributed by atoms with van der Waals surface area (Å²) in [5.74, 6) is 2.67. The molecule has 0 aliphatic carbocycles. The number of hydrogen-bond acceptors (Lipinski definition) is 0. The number of hydrogen-bond donors (Lipinski definition) is 0. The van der Waals surface area contributed by atoms with Crippen LogP contribution in [0.25, 0.3) is 0 Å². The van der Waals surface area contributed by atoms with Gasteiger partial charge >= 0.3 is 0 Å². The minimum Gasteiger partial charge on any atom is -0.358 e. The van der Waals surface area contributed by atoms with Crippen molar-refractivity contribution in [1.82, 2.24) is 0 Å². The molecule has 0 rings (SSSR count). The van der Waals surface area contributed by atoms with Gasteiger partial charge in [-0.3, -0.25) is 5.92 Å². The molecule has 0 fully saturated rings. The molecule has 2 heteroatoms. The maximum absolute atomic E-state index is 3.44.